The second kappa shape index (κ2) is 9.83. The van der Waals surface area contributed by atoms with Crippen molar-refractivity contribution in [2.45, 2.75) is 31.7 Å². The predicted molar refractivity (Wildman–Crippen MR) is 126 cm³/mol. The Balaban J connectivity index is 1.41. The number of hydrogen-bond donors (Lipinski definition) is 1. The topological polar surface area (TPSA) is 82.5 Å². The van der Waals surface area contributed by atoms with Crippen LogP contribution in [-0.4, -0.2) is 40.5 Å². The number of para-hydroxylation sites is 2. The van der Waals surface area contributed by atoms with E-state index in [-0.39, 0.29) is 29.2 Å². The van der Waals surface area contributed by atoms with Crippen LogP contribution in [0.3, 0.4) is 0 Å². The van der Waals surface area contributed by atoms with Crippen molar-refractivity contribution in [3.63, 3.8) is 0 Å². The Morgan fingerprint density at radius 3 is 2.84 bits per heavy atom. The lowest BCUT2D eigenvalue weighted by molar-refractivity contribution is -0.119. The van der Waals surface area contributed by atoms with E-state index < -0.39 is 0 Å². The van der Waals surface area contributed by atoms with E-state index in [1.807, 2.05) is 38.1 Å². The Morgan fingerprint density at radius 1 is 1.28 bits per heavy atom. The average Bonchev–Trinajstić information content (AvgIpc) is 2.78. The molecule has 0 saturated carbocycles. The number of amides is 1. The first-order valence-electron chi connectivity index (χ1n) is 10.4. The lowest BCUT2D eigenvalue weighted by atomic mass is 10.2. The Hall–Kier alpha value is -2.71. The van der Waals surface area contributed by atoms with Gasteiger partial charge in [-0.3, -0.25) is 14.2 Å². The average molecular weight is 474 g/mol. The number of benzene rings is 2. The maximum absolute atomic E-state index is 13.0. The van der Waals surface area contributed by atoms with Crippen LogP contribution in [0.2, 0.25) is 5.02 Å². The van der Waals surface area contributed by atoms with E-state index in [1.165, 1.54) is 11.8 Å². The first-order chi connectivity index (χ1) is 15.4. The zero-order chi connectivity index (χ0) is 22.7. The molecule has 0 bridgehead atoms. The largest absolute Gasteiger partial charge is 0.486 e. The van der Waals surface area contributed by atoms with Gasteiger partial charge in [0.25, 0.3) is 5.56 Å². The summed E-state index contributed by atoms with van der Waals surface area (Å²) in [6.07, 6.45) is -0.262. The molecule has 1 atom stereocenters. The Labute approximate surface area is 195 Å². The molecule has 1 N–H and O–H groups in total. The molecule has 0 saturated heterocycles. The van der Waals surface area contributed by atoms with Crippen molar-refractivity contribution in [2.24, 2.45) is 5.92 Å². The second-order valence-electron chi connectivity index (χ2n) is 7.96. The Morgan fingerprint density at radius 2 is 2.06 bits per heavy atom. The molecule has 2 aromatic carbocycles. The van der Waals surface area contributed by atoms with Gasteiger partial charge in [0, 0.05) is 11.6 Å². The third kappa shape index (κ3) is 5.19. The molecule has 1 aliphatic rings. The van der Waals surface area contributed by atoms with Crippen LogP contribution in [0.5, 0.6) is 11.5 Å². The number of nitrogens with zero attached hydrogens (tertiary/aromatic N) is 2. The summed E-state index contributed by atoms with van der Waals surface area (Å²) in [6, 6.07) is 12.5. The fraction of sp³-hybridized carbons (Fsp3) is 0.348. The number of ether oxygens (including phenoxy) is 2. The third-order valence-electron chi connectivity index (χ3n) is 4.86. The van der Waals surface area contributed by atoms with E-state index in [9.17, 15) is 9.59 Å². The summed E-state index contributed by atoms with van der Waals surface area (Å²) >= 11 is 7.31. The number of carbonyl (C=O) groups is 1. The predicted octanol–water partition coefficient (Wildman–Crippen LogP) is 3.75. The quantitative estimate of drug-likeness (QED) is 0.415. The highest BCUT2D eigenvalue weighted by Crippen LogP contribution is 2.30. The number of rotatable bonds is 7. The molecule has 0 aliphatic carbocycles. The normalized spacial score (nSPS) is 15.2. The van der Waals surface area contributed by atoms with Crippen LogP contribution in [0, 0.1) is 5.92 Å². The minimum absolute atomic E-state index is 0.133. The molecule has 1 unspecified atom stereocenters. The highest BCUT2D eigenvalue weighted by atomic mass is 35.5. The van der Waals surface area contributed by atoms with Crippen LogP contribution in [-0.2, 0) is 11.3 Å². The van der Waals surface area contributed by atoms with Crippen LogP contribution >= 0.6 is 23.4 Å². The van der Waals surface area contributed by atoms with Gasteiger partial charge in [0.15, 0.2) is 16.7 Å². The zero-order valence-electron chi connectivity index (χ0n) is 17.8. The Bertz CT molecular complexity index is 1200. The molecule has 3 aromatic rings. The fourth-order valence-electron chi connectivity index (χ4n) is 3.38. The summed E-state index contributed by atoms with van der Waals surface area (Å²) in [5.41, 5.74) is 0.411. The first-order valence-corrected chi connectivity index (χ1v) is 11.7. The number of carbonyl (C=O) groups excluding carboxylic acids is 1. The van der Waals surface area contributed by atoms with Crippen molar-refractivity contribution >= 4 is 40.2 Å². The molecular weight excluding hydrogens is 450 g/mol. The van der Waals surface area contributed by atoms with Crippen molar-refractivity contribution < 1.29 is 14.3 Å². The molecule has 7 nitrogen and oxygen atoms in total. The molecule has 1 amide bonds. The monoisotopic (exact) mass is 473 g/mol. The highest BCUT2D eigenvalue weighted by molar-refractivity contribution is 7.99. The minimum atomic E-state index is -0.262. The van der Waals surface area contributed by atoms with E-state index in [2.05, 4.69) is 10.3 Å². The zero-order valence-corrected chi connectivity index (χ0v) is 19.4. The van der Waals surface area contributed by atoms with Gasteiger partial charge in [0.2, 0.25) is 5.91 Å². The summed E-state index contributed by atoms with van der Waals surface area (Å²) in [5, 5.41) is 4.35. The SMILES string of the molecule is CC(C)Cn1c(SCC(=O)NCC2COc3ccccc3O2)nc2ccc(Cl)cc2c1=O. The van der Waals surface area contributed by atoms with Gasteiger partial charge >= 0.3 is 0 Å². The van der Waals surface area contributed by atoms with Gasteiger partial charge in [-0.2, -0.15) is 0 Å². The minimum Gasteiger partial charge on any atom is -0.486 e. The van der Waals surface area contributed by atoms with Crippen molar-refractivity contribution in [3.05, 3.63) is 57.8 Å². The molecule has 0 radical (unpaired) electrons. The highest BCUT2D eigenvalue weighted by Gasteiger charge is 2.21. The van der Waals surface area contributed by atoms with E-state index in [4.69, 9.17) is 21.1 Å². The molecule has 32 heavy (non-hydrogen) atoms. The van der Waals surface area contributed by atoms with E-state index in [0.29, 0.717) is 52.3 Å². The third-order valence-corrected chi connectivity index (χ3v) is 6.07. The van der Waals surface area contributed by atoms with Gasteiger partial charge in [0.05, 0.1) is 23.2 Å². The molecule has 168 valence electrons. The Kier molecular flexibility index (Phi) is 6.91. The lowest BCUT2D eigenvalue weighted by Crippen LogP contribution is -2.41. The summed E-state index contributed by atoms with van der Waals surface area (Å²) in [7, 11) is 0. The number of thioether (sulfide) groups is 1. The van der Waals surface area contributed by atoms with Crippen LogP contribution in [0.25, 0.3) is 10.9 Å². The molecule has 1 aliphatic heterocycles. The van der Waals surface area contributed by atoms with E-state index in [0.717, 1.165) is 0 Å². The maximum atomic E-state index is 13.0. The second-order valence-corrected chi connectivity index (χ2v) is 9.33. The van der Waals surface area contributed by atoms with E-state index >= 15 is 0 Å². The van der Waals surface area contributed by atoms with Crippen LogP contribution in [0.1, 0.15) is 13.8 Å². The number of nitrogens with one attached hydrogen (secondary N) is 1. The summed E-state index contributed by atoms with van der Waals surface area (Å²) in [5.74, 6) is 1.58. The van der Waals surface area contributed by atoms with Gasteiger partial charge < -0.3 is 14.8 Å². The van der Waals surface area contributed by atoms with Gasteiger partial charge in [-0.1, -0.05) is 49.3 Å². The fourth-order valence-corrected chi connectivity index (χ4v) is 4.39. The number of hydrogen-bond acceptors (Lipinski definition) is 6. The summed E-state index contributed by atoms with van der Waals surface area (Å²) < 4.78 is 13.2. The van der Waals surface area contributed by atoms with Crippen molar-refractivity contribution in [3.8, 4) is 11.5 Å². The van der Waals surface area contributed by atoms with Crippen LogP contribution < -0.4 is 20.3 Å². The van der Waals surface area contributed by atoms with Crippen LogP contribution in [0.4, 0.5) is 0 Å². The standard InChI is InChI=1S/C23H24ClN3O4S/c1-14(2)11-27-22(29)17-9-15(24)7-8-18(17)26-23(27)32-13-21(28)25-10-16-12-30-19-5-3-4-6-20(19)31-16/h3-9,14,16H,10-13H2,1-2H3,(H,25,28). The number of fused-ring (bicyclic) bond motifs is 2. The van der Waals surface area contributed by atoms with Crippen molar-refractivity contribution in [2.75, 3.05) is 18.9 Å². The smallest absolute Gasteiger partial charge is 0.262 e. The molecule has 1 aromatic heterocycles. The van der Waals surface area contributed by atoms with Gasteiger partial charge in [-0.15, -0.1) is 0 Å². The summed E-state index contributed by atoms with van der Waals surface area (Å²) in [6.45, 7) is 5.26. The first kappa shape index (κ1) is 22.5. The van der Waals surface area contributed by atoms with Crippen molar-refractivity contribution in [1.29, 1.82) is 0 Å². The van der Waals surface area contributed by atoms with Gasteiger partial charge in [-0.25, -0.2) is 4.98 Å². The lowest BCUT2D eigenvalue weighted by Gasteiger charge is -2.26. The number of aromatic nitrogens is 2. The van der Waals surface area contributed by atoms with Gasteiger partial charge in [-0.05, 0) is 36.2 Å². The van der Waals surface area contributed by atoms with E-state index in [1.54, 1.807) is 22.8 Å². The molecule has 4 rings (SSSR count). The molecule has 2 heterocycles. The van der Waals surface area contributed by atoms with Gasteiger partial charge in [0.1, 0.15) is 12.7 Å². The number of halogens is 1. The maximum Gasteiger partial charge on any atom is 0.262 e. The molecule has 0 fully saturated rings. The molecule has 9 heteroatoms. The molecular formula is C23H24ClN3O4S. The summed E-state index contributed by atoms with van der Waals surface area (Å²) in [4.78, 5) is 30.1. The van der Waals surface area contributed by atoms with Crippen molar-refractivity contribution in [1.82, 2.24) is 14.9 Å². The van der Waals surface area contributed by atoms with Crippen LogP contribution in [0.15, 0.2) is 52.4 Å². The molecule has 0 spiro atoms.